The molecule has 0 unspecified atom stereocenters. The highest BCUT2D eigenvalue weighted by atomic mass is 35.5. The first-order valence-corrected chi connectivity index (χ1v) is 7.15. The molecule has 96 valence electrons. The number of likely N-dealkylation sites (N-methyl/N-ethyl adjacent to an activating group) is 1. The van der Waals surface area contributed by atoms with Gasteiger partial charge in [-0.05, 0) is 32.3 Å². The van der Waals surface area contributed by atoms with Gasteiger partial charge in [-0.25, -0.2) is 13.1 Å². The van der Waals surface area contributed by atoms with Crippen molar-refractivity contribution >= 4 is 33.2 Å². The molecule has 0 fully saturated rings. The van der Waals surface area contributed by atoms with Crippen molar-refractivity contribution in [2.24, 2.45) is 0 Å². The van der Waals surface area contributed by atoms with E-state index in [-0.39, 0.29) is 4.90 Å². The maximum Gasteiger partial charge on any atom is 0.240 e. The summed E-state index contributed by atoms with van der Waals surface area (Å²) in [7, 11) is 0.185. The molecule has 0 radical (unpaired) electrons. The van der Waals surface area contributed by atoms with Crippen molar-refractivity contribution in [1.82, 2.24) is 9.62 Å². The number of benzene rings is 1. The second-order valence-corrected chi connectivity index (χ2v) is 6.45. The van der Waals surface area contributed by atoms with Crippen LogP contribution < -0.4 is 4.72 Å². The zero-order chi connectivity index (χ0) is 13.1. The van der Waals surface area contributed by atoms with E-state index in [1.807, 2.05) is 19.0 Å². The molecule has 0 aliphatic rings. The van der Waals surface area contributed by atoms with E-state index in [9.17, 15) is 8.42 Å². The molecule has 0 heterocycles. The largest absolute Gasteiger partial charge is 0.308 e. The van der Waals surface area contributed by atoms with Gasteiger partial charge in [0.15, 0.2) is 0 Å². The lowest BCUT2D eigenvalue weighted by Crippen LogP contribution is -2.31. The average Bonchev–Trinajstić information content (AvgIpc) is 2.14. The standard InChI is InChI=1S/C10H14Cl2N2O2S/c1-14(2)4-3-13-17(15,16)10-6-8(11)5-9(12)7-10/h5-7,13H,3-4H2,1-2H3. The van der Waals surface area contributed by atoms with Gasteiger partial charge in [0, 0.05) is 23.1 Å². The lowest BCUT2D eigenvalue weighted by Gasteiger charge is -2.11. The Balaban J connectivity index is 2.82. The number of nitrogens with zero attached hydrogens (tertiary/aromatic N) is 1. The highest BCUT2D eigenvalue weighted by Crippen LogP contribution is 2.21. The van der Waals surface area contributed by atoms with Crippen LogP contribution in [-0.4, -0.2) is 40.5 Å². The number of rotatable bonds is 5. The summed E-state index contributed by atoms with van der Waals surface area (Å²) in [5.41, 5.74) is 0. The average molecular weight is 297 g/mol. The van der Waals surface area contributed by atoms with Crippen molar-refractivity contribution in [3.8, 4) is 0 Å². The van der Waals surface area contributed by atoms with Crippen molar-refractivity contribution in [3.05, 3.63) is 28.2 Å². The Labute approximate surface area is 112 Å². The lowest BCUT2D eigenvalue weighted by atomic mass is 10.4. The molecule has 1 aromatic rings. The predicted octanol–water partition coefficient (Wildman–Crippen LogP) is 1.83. The van der Waals surface area contributed by atoms with Gasteiger partial charge in [0.1, 0.15) is 0 Å². The summed E-state index contributed by atoms with van der Waals surface area (Å²) in [6, 6.07) is 4.22. The Hall–Kier alpha value is -0.330. The maximum atomic E-state index is 11.9. The van der Waals surface area contributed by atoms with Crippen molar-refractivity contribution in [1.29, 1.82) is 0 Å². The van der Waals surface area contributed by atoms with E-state index in [0.29, 0.717) is 23.1 Å². The maximum absolute atomic E-state index is 11.9. The van der Waals surface area contributed by atoms with Gasteiger partial charge >= 0.3 is 0 Å². The molecule has 4 nitrogen and oxygen atoms in total. The Morgan fingerprint density at radius 1 is 1.18 bits per heavy atom. The SMILES string of the molecule is CN(C)CCNS(=O)(=O)c1cc(Cl)cc(Cl)c1. The lowest BCUT2D eigenvalue weighted by molar-refractivity contribution is 0.412. The van der Waals surface area contributed by atoms with Crippen LogP contribution in [0.1, 0.15) is 0 Å². The summed E-state index contributed by atoms with van der Waals surface area (Å²) in [6.07, 6.45) is 0. The van der Waals surface area contributed by atoms with Crippen LogP contribution >= 0.6 is 23.2 Å². The summed E-state index contributed by atoms with van der Waals surface area (Å²) in [4.78, 5) is 1.96. The van der Waals surface area contributed by atoms with Gasteiger partial charge in [-0.3, -0.25) is 0 Å². The normalized spacial score (nSPS) is 12.1. The van der Waals surface area contributed by atoms with Crippen LogP contribution in [0.5, 0.6) is 0 Å². The van der Waals surface area contributed by atoms with Gasteiger partial charge < -0.3 is 4.90 Å². The topological polar surface area (TPSA) is 49.4 Å². The molecule has 1 N–H and O–H groups in total. The molecule has 7 heteroatoms. The minimum absolute atomic E-state index is 0.0776. The summed E-state index contributed by atoms with van der Waals surface area (Å²) >= 11 is 11.5. The fourth-order valence-electron chi connectivity index (χ4n) is 1.17. The van der Waals surface area contributed by atoms with Crippen LogP contribution in [0.4, 0.5) is 0 Å². The van der Waals surface area contributed by atoms with Crippen LogP contribution in [0, 0.1) is 0 Å². The first-order chi connectivity index (χ1) is 7.81. The van der Waals surface area contributed by atoms with Crippen LogP contribution in [0.3, 0.4) is 0 Å². The van der Waals surface area contributed by atoms with Crippen molar-refractivity contribution in [2.45, 2.75) is 4.90 Å². The number of nitrogens with one attached hydrogen (secondary N) is 1. The van der Waals surface area contributed by atoms with E-state index in [1.165, 1.54) is 18.2 Å². The van der Waals surface area contributed by atoms with Crippen LogP contribution in [0.15, 0.2) is 23.1 Å². The van der Waals surface area contributed by atoms with Crippen LogP contribution in [0.2, 0.25) is 10.0 Å². The van der Waals surface area contributed by atoms with Gasteiger partial charge in [0.25, 0.3) is 0 Å². The molecule has 0 bridgehead atoms. The van der Waals surface area contributed by atoms with Crippen molar-refractivity contribution in [3.63, 3.8) is 0 Å². The molecule has 17 heavy (non-hydrogen) atoms. The summed E-state index contributed by atoms with van der Waals surface area (Å²) < 4.78 is 26.2. The third-order valence-electron chi connectivity index (χ3n) is 2.00. The molecule has 0 spiro atoms. The number of sulfonamides is 1. The number of hydrogen-bond donors (Lipinski definition) is 1. The van der Waals surface area contributed by atoms with Crippen molar-refractivity contribution < 1.29 is 8.42 Å². The first-order valence-electron chi connectivity index (χ1n) is 4.92. The predicted molar refractivity (Wildman–Crippen MR) is 70.2 cm³/mol. The molecule has 0 atom stereocenters. The van der Waals surface area contributed by atoms with Crippen LogP contribution in [-0.2, 0) is 10.0 Å². The molecular formula is C10H14Cl2N2O2S. The number of halogens is 2. The summed E-state index contributed by atoms with van der Waals surface area (Å²) in [6.45, 7) is 0.951. The van der Waals surface area contributed by atoms with E-state index < -0.39 is 10.0 Å². The first kappa shape index (κ1) is 14.7. The molecule has 0 amide bonds. The van der Waals surface area contributed by atoms with E-state index in [1.54, 1.807) is 0 Å². The molecule has 1 aromatic carbocycles. The molecule has 0 aliphatic carbocycles. The molecule has 1 rings (SSSR count). The quantitative estimate of drug-likeness (QED) is 0.902. The molecule has 0 saturated heterocycles. The van der Waals surface area contributed by atoms with Gasteiger partial charge in [0.05, 0.1) is 4.90 Å². The highest BCUT2D eigenvalue weighted by Gasteiger charge is 2.14. The smallest absolute Gasteiger partial charge is 0.240 e. The van der Waals surface area contributed by atoms with Crippen molar-refractivity contribution in [2.75, 3.05) is 27.2 Å². The fraction of sp³-hybridized carbons (Fsp3) is 0.400. The van der Waals surface area contributed by atoms with E-state index in [2.05, 4.69) is 4.72 Å². The molecular weight excluding hydrogens is 283 g/mol. The van der Waals surface area contributed by atoms with Gasteiger partial charge in [0.2, 0.25) is 10.0 Å². The minimum atomic E-state index is -3.55. The minimum Gasteiger partial charge on any atom is -0.308 e. The van der Waals surface area contributed by atoms with E-state index in [4.69, 9.17) is 23.2 Å². The monoisotopic (exact) mass is 296 g/mol. The zero-order valence-corrected chi connectivity index (χ0v) is 11.9. The van der Waals surface area contributed by atoms with Crippen LogP contribution in [0.25, 0.3) is 0 Å². The number of hydrogen-bond acceptors (Lipinski definition) is 3. The Morgan fingerprint density at radius 3 is 2.18 bits per heavy atom. The Morgan fingerprint density at radius 2 is 1.71 bits per heavy atom. The van der Waals surface area contributed by atoms with Gasteiger partial charge in [-0.1, -0.05) is 23.2 Å². The molecule has 0 aliphatic heterocycles. The van der Waals surface area contributed by atoms with Gasteiger partial charge in [-0.15, -0.1) is 0 Å². The molecule has 0 aromatic heterocycles. The fourth-order valence-corrected chi connectivity index (χ4v) is 2.92. The van der Waals surface area contributed by atoms with Gasteiger partial charge in [-0.2, -0.15) is 0 Å². The second-order valence-electron chi connectivity index (χ2n) is 3.81. The Bertz CT molecular complexity index is 469. The second kappa shape index (κ2) is 6.02. The summed E-state index contributed by atoms with van der Waals surface area (Å²) in [5.74, 6) is 0. The molecule has 0 saturated carbocycles. The van der Waals surface area contributed by atoms with E-state index in [0.717, 1.165) is 0 Å². The summed E-state index contributed by atoms with van der Waals surface area (Å²) in [5, 5.41) is 0.593. The third-order valence-corrected chi connectivity index (χ3v) is 3.87. The zero-order valence-electron chi connectivity index (χ0n) is 9.57. The third kappa shape index (κ3) is 4.81. The van der Waals surface area contributed by atoms with E-state index >= 15 is 0 Å². The highest BCUT2D eigenvalue weighted by molar-refractivity contribution is 7.89. The Kier molecular flexibility index (Phi) is 5.22.